The van der Waals surface area contributed by atoms with E-state index in [0.29, 0.717) is 46.7 Å². The number of pyridine rings is 1. The summed E-state index contributed by atoms with van der Waals surface area (Å²) in [6.07, 6.45) is 8.32. The van der Waals surface area contributed by atoms with Crippen molar-refractivity contribution in [1.82, 2.24) is 9.88 Å². The second-order valence-corrected chi connectivity index (χ2v) is 19.3. The number of hydrogen-bond acceptors (Lipinski definition) is 12. The van der Waals surface area contributed by atoms with E-state index in [1.165, 1.54) is 12.1 Å². The molecule has 14 nitrogen and oxygen atoms in total. The molecule has 1 saturated carbocycles. The molecule has 1 fully saturated rings. The van der Waals surface area contributed by atoms with Crippen LogP contribution in [-0.4, -0.2) is 68.3 Å². The second-order valence-electron chi connectivity index (χ2n) is 19.3. The molecule has 0 spiro atoms. The zero-order valence-electron chi connectivity index (χ0n) is 41.6. The number of amides is 1. The fourth-order valence-electron chi connectivity index (χ4n) is 11.3. The number of nitriles is 1. The highest BCUT2D eigenvalue weighted by Crippen LogP contribution is 2.62. The van der Waals surface area contributed by atoms with Crippen molar-refractivity contribution in [3.63, 3.8) is 0 Å². The van der Waals surface area contributed by atoms with Crippen molar-refractivity contribution in [2.45, 2.75) is 89.4 Å². The van der Waals surface area contributed by atoms with Gasteiger partial charge in [-0.2, -0.15) is 5.26 Å². The maximum atomic E-state index is 15.8. The SMILES string of the molecule is C=CCO[C@@]12Oc3ccc(OCc4cccc(C)n4)cc3[C@H]3[C@H](CCCCO)[C@@H](CCCCO)C=C(C(=NOCc4ccc([N+](=O)[O-])cc4)C[C@@H]1N(Cc1cccc4ccccc14)C(=O)c1ccc(C#N)cc1)[C@H]32. The van der Waals surface area contributed by atoms with E-state index in [4.69, 9.17) is 24.2 Å². The third-order valence-corrected chi connectivity index (χ3v) is 14.6. The van der Waals surface area contributed by atoms with Crippen LogP contribution < -0.4 is 9.47 Å². The van der Waals surface area contributed by atoms with Crippen LogP contribution in [0.3, 0.4) is 0 Å². The number of hydrogen-bond donors (Lipinski definition) is 2. The Morgan fingerprint density at radius 1 is 0.946 bits per heavy atom. The maximum absolute atomic E-state index is 15.8. The van der Waals surface area contributed by atoms with Crippen LogP contribution in [0.4, 0.5) is 5.69 Å². The Morgan fingerprint density at radius 2 is 1.70 bits per heavy atom. The Kier molecular flexibility index (Phi) is 16.2. The lowest BCUT2D eigenvalue weighted by Gasteiger charge is -2.60. The van der Waals surface area contributed by atoms with E-state index in [1.54, 1.807) is 42.5 Å². The molecule has 2 heterocycles. The van der Waals surface area contributed by atoms with Gasteiger partial charge in [-0.1, -0.05) is 78.7 Å². The maximum Gasteiger partial charge on any atom is 0.269 e. The Bertz CT molecular complexity index is 3070. The quantitative estimate of drug-likeness (QED) is 0.0285. The van der Waals surface area contributed by atoms with Gasteiger partial charge in [0.05, 0.1) is 40.5 Å². The van der Waals surface area contributed by atoms with Crippen molar-refractivity contribution >= 4 is 28.1 Å². The minimum absolute atomic E-state index is 0.00900. The molecule has 9 rings (SSSR count). The number of aromatic nitrogens is 1. The standard InChI is InChI=1S/C60H61N5O9/c1-3-32-72-60-56(64(59(68)44-24-20-41(36-61)21-25-44)37-46-16-11-15-43-13-4-5-18-50(43)46)35-54(63-73-38-42-22-26-48(27-23-42)65(69)70)52-33-45(14-6-8-30-66)51(19-7-9-31-67)57(58(52)60)53-34-49(28-29-55(53)74-60)71-39-47-17-10-12-40(2)62-47/h3-5,10-13,15-18,20-29,33-34,45,51,56-58,66-67H,1,6-9,14,19,30-32,35,37-39H2,2H3/t45-,51+,56-,57+,58+,60+/m0/s1. The number of aliphatic hydroxyl groups excluding tert-OH is 2. The van der Waals surface area contributed by atoms with E-state index in [0.717, 1.165) is 64.5 Å². The van der Waals surface area contributed by atoms with Crippen LogP contribution in [0.5, 0.6) is 11.5 Å². The van der Waals surface area contributed by atoms with Crippen molar-refractivity contribution in [3.05, 3.63) is 201 Å². The zero-order chi connectivity index (χ0) is 51.6. The smallest absolute Gasteiger partial charge is 0.269 e. The predicted octanol–water partition coefficient (Wildman–Crippen LogP) is 11.1. The number of non-ortho nitro benzene ring substituents is 1. The summed E-state index contributed by atoms with van der Waals surface area (Å²) in [7, 11) is 0. The third kappa shape index (κ3) is 11.0. The van der Waals surface area contributed by atoms with E-state index >= 15 is 4.79 Å². The molecule has 1 aliphatic heterocycles. The minimum Gasteiger partial charge on any atom is -0.487 e. The van der Waals surface area contributed by atoms with Gasteiger partial charge in [-0.25, -0.2) is 0 Å². The molecule has 1 amide bonds. The number of ether oxygens (including phenoxy) is 3. The van der Waals surface area contributed by atoms with Gasteiger partial charge >= 0.3 is 0 Å². The molecule has 1 aromatic heterocycles. The van der Waals surface area contributed by atoms with Gasteiger partial charge in [0, 0.05) is 61.1 Å². The largest absolute Gasteiger partial charge is 0.487 e. The van der Waals surface area contributed by atoms with Crippen LogP contribution in [0.25, 0.3) is 10.8 Å². The number of nitrogens with zero attached hydrogens (tertiary/aromatic N) is 5. The summed E-state index contributed by atoms with van der Waals surface area (Å²) in [5.41, 5.74) is 6.32. The molecule has 0 saturated heterocycles. The molecular formula is C60H61N5O9. The number of rotatable bonds is 22. The Hall–Kier alpha value is -7.70. The van der Waals surface area contributed by atoms with Crippen molar-refractivity contribution in [1.29, 1.82) is 5.26 Å². The molecule has 6 aromatic rings. The van der Waals surface area contributed by atoms with E-state index < -0.39 is 22.7 Å². The van der Waals surface area contributed by atoms with E-state index in [1.807, 2.05) is 84.6 Å². The topological polar surface area (TPSA) is 190 Å². The summed E-state index contributed by atoms with van der Waals surface area (Å²) in [6, 6.07) is 39.9. The number of aliphatic hydroxyl groups is 2. The lowest BCUT2D eigenvalue weighted by Crippen LogP contribution is -2.70. The summed E-state index contributed by atoms with van der Waals surface area (Å²) in [5, 5.41) is 48.5. The van der Waals surface area contributed by atoms with Crippen molar-refractivity contribution < 1.29 is 39.0 Å². The van der Waals surface area contributed by atoms with E-state index in [9.17, 15) is 25.6 Å². The minimum atomic E-state index is -1.57. The number of nitro groups is 1. The first-order chi connectivity index (χ1) is 36.1. The monoisotopic (exact) mass is 995 g/mol. The molecule has 74 heavy (non-hydrogen) atoms. The molecule has 6 atom stereocenters. The van der Waals surface area contributed by atoms with Gasteiger partial charge < -0.3 is 34.2 Å². The van der Waals surface area contributed by atoms with Crippen LogP contribution in [0.1, 0.15) is 94.9 Å². The number of carbonyl (C=O) groups is 1. The molecule has 14 heteroatoms. The van der Waals surface area contributed by atoms with Crippen LogP contribution >= 0.6 is 0 Å². The first-order valence-electron chi connectivity index (χ1n) is 25.4. The number of allylic oxidation sites excluding steroid dienone is 1. The highest BCUT2D eigenvalue weighted by Gasteiger charge is 2.65. The van der Waals surface area contributed by atoms with Gasteiger partial charge in [-0.05, 0) is 139 Å². The summed E-state index contributed by atoms with van der Waals surface area (Å²) in [6.45, 7) is 6.59. The fraction of sp³-hybridized carbons (Fsp3) is 0.333. The molecular weight excluding hydrogens is 935 g/mol. The summed E-state index contributed by atoms with van der Waals surface area (Å²) < 4.78 is 21.4. The second kappa shape index (κ2) is 23.4. The van der Waals surface area contributed by atoms with Crippen molar-refractivity contribution in [2.75, 3.05) is 19.8 Å². The van der Waals surface area contributed by atoms with Crippen LogP contribution in [-0.2, 0) is 29.3 Å². The number of carbonyl (C=O) groups excluding carboxylic acids is 1. The van der Waals surface area contributed by atoms with Gasteiger partial charge in [0.2, 0.25) is 5.79 Å². The van der Waals surface area contributed by atoms with Gasteiger partial charge in [-0.3, -0.25) is 19.9 Å². The van der Waals surface area contributed by atoms with Crippen molar-refractivity contribution in [3.8, 4) is 17.6 Å². The summed E-state index contributed by atoms with van der Waals surface area (Å²) >= 11 is 0. The summed E-state index contributed by atoms with van der Waals surface area (Å²) in [4.78, 5) is 39.6. The van der Waals surface area contributed by atoms with Gasteiger partial charge in [0.25, 0.3) is 11.6 Å². The molecule has 3 aliphatic rings. The number of oxime groups is 1. The van der Waals surface area contributed by atoms with E-state index in [2.05, 4.69) is 29.8 Å². The molecule has 0 radical (unpaired) electrons. The van der Waals surface area contributed by atoms with E-state index in [-0.39, 0.29) is 75.3 Å². The van der Waals surface area contributed by atoms with Gasteiger partial charge in [0.1, 0.15) is 30.8 Å². The third-order valence-electron chi connectivity index (χ3n) is 14.6. The van der Waals surface area contributed by atoms with Crippen LogP contribution in [0, 0.1) is 46.1 Å². The first kappa shape index (κ1) is 51.2. The molecule has 2 N–H and O–H groups in total. The highest BCUT2D eigenvalue weighted by atomic mass is 16.7. The molecule has 2 aliphatic carbocycles. The number of aryl methyl sites for hydroxylation is 1. The number of fused-ring (bicyclic) bond motifs is 3. The lowest BCUT2D eigenvalue weighted by atomic mass is 9.55. The Labute approximate surface area is 431 Å². The highest BCUT2D eigenvalue weighted by molar-refractivity contribution is 6.03. The first-order valence-corrected chi connectivity index (χ1v) is 25.4. The van der Waals surface area contributed by atoms with Crippen LogP contribution in [0.2, 0.25) is 0 Å². The molecule has 0 bridgehead atoms. The zero-order valence-corrected chi connectivity index (χ0v) is 41.6. The normalized spacial score (nSPS) is 21.1. The number of benzene rings is 5. The van der Waals surface area contributed by atoms with Crippen LogP contribution in [0.15, 0.2) is 157 Å². The fourth-order valence-corrected chi connectivity index (χ4v) is 11.3. The molecule has 5 aromatic carbocycles. The van der Waals surface area contributed by atoms with Gasteiger partial charge in [-0.15, -0.1) is 6.58 Å². The van der Waals surface area contributed by atoms with Crippen molar-refractivity contribution in [2.24, 2.45) is 22.9 Å². The average Bonchev–Trinajstić information content (AvgIpc) is 3.42. The Morgan fingerprint density at radius 3 is 2.45 bits per heavy atom. The average molecular weight is 996 g/mol. The molecule has 380 valence electrons. The number of nitro benzene ring substituents is 1. The molecule has 0 unspecified atom stereocenters. The lowest BCUT2D eigenvalue weighted by molar-refractivity contribution is -0.384. The number of unbranched alkanes of at least 4 members (excludes halogenated alkanes) is 2. The Balaban J connectivity index is 1.26. The summed E-state index contributed by atoms with van der Waals surface area (Å²) in [5.74, 6) is -1.68. The van der Waals surface area contributed by atoms with Gasteiger partial charge in [0.15, 0.2) is 0 Å². The predicted molar refractivity (Wildman–Crippen MR) is 281 cm³/mol.